The van der Waals surface area contributed by atoms with E-state index in [2.05, 4.69) is 20.2 Å². The Bertz CT molecular complexity index is 619. The summed E-state index contributed by atoms with van der Waals surface area (Å²) in [5, 5.41) is 5.06. The molecule has 2 aromatic rings. The summed E-state index contributed by atoms with van der Waals surface area (Å²) in [5.41, 5.74) is 0. The number of nitrogens with one attached hydrogen (secondary N) is 1. The van der Waals surface area contributed by atoms with Gasteiger partial charge in [0.05, 0.1) is 0 Å². The van der Waals surface area contributed by atoms with Crippen molar-refractivity contribution in [1.29, 1.82) is 0 Å². The van der Waals surface area contributed by atoms with E-state index in [9.17, 15) is 4.79 Å². The lowest BCUT2D eigenvalue weighted by atomic mass is 10.1. The Balaban J connectivity index is 1.47. The smallest absolute Gasteiger partial charge is 0.244 e. The average molecular weight is 314 g/mol. The quantitative estimate of drug-likeness (QED) is 0.880. The van der Waals surface area contributed by atoms with Gasteiger partial charge < -0.3 is 10.2 Å². The monoisotopic (exact) mass is 314 g/mol. The summed E-state index contributed by atoms with van der Waals surface area (Å²) in [7, 11) is 0. The van der Waals surface area contributed by atoms with E-state index in [0.717, 1.165) is 36.8 Å². The van der Waals surface area contributed by atoms with Crippen molar-refractivity contribution in [3.05, 3.63) is 46.9 Å². The summed E-state index contributed by atoms with van der Waals surface area (Å²) >= 11 is 1.62. The van der Waals surface area contributed by atoms with E-state index in [1.54, 1.807) is 29.8 Å². The first-order valence-corrected chi connectivity index (χ1v) is 8.23. The van der Waals surface area contributed by atoms with Gasteiger partial charge in [-0.05, 0) is 36.4 Å². The summed E-state index contributed by atoms with van der Waals surface area (Å²) < 4.78 is 0. The Kier molecular flexibility index (Phi) is 4.80. The van der Waals surface area contributed by atoms with Crippen LogP contribution < -0.4 is 10.2 Å². The molecular formula is C16H18N4OS. The minimum absolute atomic E-state index is 0.0252. The van der Waals surface area contributed by atoms with Crippen molar-refractivity contribution in [2.45, 2.75) is 18.9 Å². The highest BCUT2D eigenvalue weighted by Crippen LogP contribution is 2.15. The maximum absolute atomic E-state index is 11.9. The van der Waals surface area contributed by atoms with E-state index in [-0.39, 0.29) is 11.9 Å². The van der Waals surface area contributed by atoms with Crippen LogP contribution in [-0.2, 0) is 4.79 Å². The van der Waals surface area contributed by atoms with E-state index in [1.807, 2.05) is 29.7 Å². The third kappa shape index (κ3) is 3.92. The van der Waals surface area contributed by atoms with Crippen LogP contribution in [0.5, 0.6) is 0 Å². The Morgan fingerprint density at radius 1 is 1.27 bits per heavy atom. The van der Waals surface area contributed by atoms with E-state index < -0.39 is 0 Å². The number of amides is 1. The zero-order valence-corrected chi connectivity index (χ0v) is 13.0. The number of anilines is 1. The minimum Gasteiger partial charge on any atom is -0.350 e. The number of aromatic nitrogens is 2. The van der Waals surface area contributed by atoms with Crippen LogP contribution in [0.4, 0.5) is 5.95 Å². The topological polar surface area (TPSA) is 58.1 Å². The maximum Gasteiger partial charge on any atom is 0.244 e. The van der Waals surface area contributed by atoms with E-state index in [4.69, 9.17) is 0 Å². The van der Waals surface area contributed by atoms with Gasteiger partial charge in [-0.25, -0.2) is 9.97 Å². The van der Waals surface area contributed by atoms with Crippen molar-refractivity contribution < 1.29 is 4.79 Å². The first-order valence-electron chi connectivity index (χ1n) is 7.35. The lowest BCUT2D eigenvalue weighted by Gasteiger charge is -2.32. The van der Waals surface area contributed by atoms with E-state index >= 15 is 0 Å². The van der Waals surface area contributed by atoms with Gasteiger partial charge in [-0.1, -0.05) is 6.07 Å². The van der Waals surface area contributed by atoms with E-state index in [1.165, 1.54) is 0 Å². The molecule has 3 rings (SSSR count). The standard InChI is InChI=1S/C16H18N4OS/c21-15(5-4-14-3-1-12-22-14)19-13-6-10-20(11-7-13)16-17-8-2-9-18-16/h1-5,8-9,12-13H,6-7,10-11H2,(H,19,21). The van der Waals surface area contributed by atoms with Crippen molar-refractivity contribution in [2.24, 2.45) is 0 Å². The van der Waals surface area contributed by atoms with Gasteiger partial charge >= 0.3 is 0 Å². The molecule has 1 N–H and O–H groups in total. The third-order valence-corrected chi connectivity index (χ3v) is 4.46. The molecule has 1 amide bonds. The molecule has 2 aromatic heterocycles. The lowest BCUT2D eigenvalue weighted by molar-refractivity contribution is -0.117. The molecule has 5 nitrogen and oxygen atoms in total. The zero-order valence-electron chi connectivity index (χ0n) is 12.2. The second-order valence-electron chi connectivity index (χ2n) is 5.17. The van der Waals surface area contributed by atoms with Crippen LogP contribution in [0.3, 0.4) is 0 Å². The van der Waals surface area contributed by atoms with Crippen molar-refractivity contribution in [2.75, 3.05) is 18.0 Å². The number of thiophene rings is 1. The first-order chi connectivity index (χ1) is 10.8. The SMILES string of the molecule is O=C(C=Cc1cccs1)NC1CCN(c2ncccn2)CC1. The van der Waals surface area contributed by atoms with Gasteiger partial charge in [0.15, 0.2) is 0 Å². The molecule has 0 unspecified atom stereocenters. The Hall–Kier alpha value is -2.21. The van der Waals surface area contributed by atoms with Gasteiger partial charge in [-0.2, -0.15) is 0 Å². The summed E-state index contributed by atoms with van der Waals surface area (Å²) in [6.45, 7) is 1.73. The molecule has 0 spiro atoms. The number of hydrogen-bond donors (Lipinski definition) is 1. The second-order valence-corrected chi connectivity index (χ2v) is 6.15. The number of rotatable bonds is 4. The van der Waals surface area contributed by atoms with Gasteiger partial charge in [0.25, 0.3) is 0 Å². The maximum atomic E-state index is 11.9. The van der Waals surface area contributed by atoms with Gasteiger partial charge in [0.1, 0.15) is 0 Å². The van der Waals surface area contributed by atoms with Crippen LogP contribution >= 0.6 is 11.3 Å². The van der Waals surface area contributed by atoms with Crippen molar-refractivity contribution in [1.82, 2.24) is 15.3 Å². The molecule has 1 fully saturated rings. The lowest BCUT2D eigenvalue weighted by Crippen LogP contribution is -2.44. The van der Waals surface area contributed by atoms with Gasteiger partial charge in [-0.15, -0.1) is 11.3 Å². The van der Waals surface area contributed by atoms with Crippen LogP contribution in [0.2, 0.25) is 0 Å². The molecule has 6 heteroatoms. The fourth-order valence-corrected chi connectivity index (χ4v) is 3.09. The van der Waals surface area contributed by atoms with Gasteiger partial charge in [0, 0.05) is 42.5 Å². The number of nitrogens with zero attached hydrogens (tertiary/aromatic N) is 3. The molecule has 1 aliphatic heterocycles. The summed E-state index contributed by atoms with van der Waals surface area (Å²) in [6, 6.07) is 6.01. The molecule has 0 aliphatic carbocycles. The van der Waals surface area contributed by atoms with Gasteiger partial charge in [0.2, 0.25) is 11.9 Å². The first kappa shape index (κ1) is 14.7. The Morgan fingerprint density at radius 2 is 2.05 bits per heavy atom. The molecule has 0 bridgehead atoms. The summed E-state index contributed by atoms with van der Waals surface area (Å²) in [4.78, 5) is 23.7. The van der Waals surface area contributed by atoms with Crippen LogP contribution in [0.1, 0.15) is 17.7 Å². The summed E-state index contributed by atoms with van der Waals surface area (Å²) in [6.07, 6.45) is 8.80. The highest BCUT2D eigenvalue weighted by molar-refractivity contribution is 7.10. The molecule has 0 aromatic carbocycles. The number of piperidine rings is 1. The van der Waals surface area contributed by atoms with Crippen LogP contribution in [0, 0.1) is 0 Å². The van der Waals surface area contributed by atoms with Crippen molar-refractivity contribution in [3.63, 3.8) is 0 Å². The fraction of sp³-hybridized carbons (Fsp3) is 0.312. The van der Waals surface area contributed by atoms with Crippen molar-refractivity contribution in [3.8, 4) is 0 Å². The van der Waals surface area contributed by atoms with E-state index in [0.29, 0.717) is 0 Å². The minimum atomic E-state index is -0.0252. The molecule has 114 valence electrons. The molecule has 0 radical (unpaired) electrons. The largest absolute Gasteiger partial charge is 0.350 e. The Morgan fingerprint density at radius 3 is 2.73 bits per heavy atom. The van der Waals surface area contributed by atoms with Crippen LogP contribution in [0.15, 0.2) is 42.0 Å². The predicted octanol–water partition coefficient (Wildman–Crippen LogP) is 2.34. The normalized spacial score (nSPS) is 16.1. The number of carbonyl (C=O) groups excluding carboxylic acids is 1. The molecule has 22 heavy (non-hydrogen) atoms. The Labute approximate surface area is 133 Å². The van der Waals surface area contributed by atoms with Crippen LogP contribution in [0.25, 0.3) is 6.08 Å². The molecule has 0 saturated carbocycles. The van der Waals surface area contributed by atoms with Crippen molar-refractivity contribution >= 4 is 29.3 Å². The highest BCUT2D eigenvalue weighted by atomic mass is 32.1. The predicted molar refractivity (Wildman–Crippen MR) is 88.8 cm³/mol. The number of carbonyl (C=O) groups is 1. The molecule has 1 saturated heterocycles. The molecule has 3 heterocycles. The number of hydrogen-bond acceptors (Lipinski definition) is 5. The molecule has 0 atom stereocenters. The zero-order chi connectivity index (χ0) is 15.2. The third-order valence-electron chi connectivity index (χ3n) is 3.62. The van der Waals surface area contributed by atoms with Crippen LogP contribution in [-0.4, -0.2) is 35.0 Å². The van der Waals surface area contributed by atoms with Gasteiger partial charge in [-0.3, -0.25) is 4.79 Å². The molecule has 1 aliphatic rings. The fourth-order valence-electron chi connectivity index (χ4n) is 2.47. The summed E-state index contributed by atoms with van der Waals surface area (Å²) in [5.74, 6) is 0.743. The average Bonchev–Trinajstić information content (AvgIpc) is 3.08. The molecular weight excluding hydrogens is 296 g/mol. The second kappa shape index (κ2) is 7.17. The highest BCUT2D eigenvalue weighted by Gasteiger charge is 2.21.